The van der Waals surface area contributed by atoms with Crippen LogP contribution >= 0.6 is 24.0 Å². The Hall–Kier alpha value is -1.13. The minimum Gasteiger partial charge on any atom is -0.444 e. The summed E-state index contributed by atoms with van der Waals surface area (Å²) in [5.41, 5.74) is 2.25. The Labute approximate surface area is 205 Å². The first-order valence-corrected chi connectivity index (χ1v) is 11.4. The predicted octanol–water partition coefficient (Wildman–Crippen LogP) is 3.33. The van der Waals surface area contributed by atoms with Crippen LogP contribution in [0, 0.1) is 19.8 Å². The number of aryl methyl sites for hydroxylation is 2. The molecule has 0 spiro atoms. The van der Waals surface area contributed by atoms with Crippen LogP contribution in [0.15, 0.2) is 21.6 Å². The number of guanidine groups is 1. The summed E-state index contributed by atoms with van der Waals surface area (Å²) in [7, 11) is 1.87. The fourth-order valence-corrected chi connectivity index (χ4v) is 4.39. The van der Waals surface area contributed by atoms with Gasteiger partial charge in [0.1, 0.15) is 5.76 Å². The highest BCUT2D eigenvalue weighted by molar-refractivity contribution is 14.0. The number of likely N-dealkylation sites (tertiary alicyclic amines) is 2. The van der Waals surface area contributed by atoms with Gasteiger partial charge in [-0.05, 0) is 65.5 Å². The number of halogens is 1. The molecule has 2 aliphatic heterocycles. The van der Waals surface area contributed by atoms with E-state index in [-0.39, 0.29) is 24.0 Å². The minimum atomic E-state index is 0. The summed E-state index contributed by atoms with van der Waals surface area (Å²) in [5.74, 6) is 3.41. The van der Waals surface area contributed by atoms with Gasteiger partial charge < -0.3 is 15.1 Å². The summed E-state index contributed by atoms with van der Waals surface area (Å²) >= 11 is 0. The van der Waals surface area contributed by atoms with Crippen molar-refractivity contribution in [2.75, 3.05) is 46.3 Å². The maximum atomic E-state index is 5.74. The summed E-state index contributed by atoms with van der Waals surface area (Å²) in [5, 5.41) is 7.19. The van der Waals surface area contributed by atoms with Crippen LogP contribution in [0.25, 0.3) is 0 Å². The van der Waals surface area contributed by atoms with Gasteiger partial charge >= 0.3 is 0 Å². The Kier molecular flexibility index (Phi) is 10.8. The molecule has 0 saturated carbocycles. The standard InChI is InChI=1S/C23H40N6O.HI/c1-17(2)15-28-12-8-21(9-13-28)27-23(24-5)25-14-20-6-10-29(11-7-20)16-22-26-18(3)19(4)30-22;/h20-21H,1,6-16H2,2-5H3,(H2,24,25,27);1H. The first-order chi connectivity index (χ1) is 14.4. The van der Waals surface area contributed by atoms with E-state index >= 15 is 0 Å². The van der Waals surface area contributed by atoms with E-state index in [1.54, 1.807) is 0 Å². The van der Waals surface area contributed by atoms with Gasteiger partial charge in [-0.1, -0.05) is 12.2 Å². The van der Waals surface area contributed by atoms with Crippen molar-refractivity contribution >= 4 is 29.9 Å². The highest BCUT2D eigenvalue weighted by atomic mass is 127. The molecule has 2 saturated heterocycles. The lowest BCUT2D eigenvalue weighted by Crippen LogP contribution is -2.50. The first kappa shape index (κ1) is 26.1. The maximum Gasteiger partial charge on any atom is 0.208 e. The molecule has 8 heteroatoms. The number of rotatable bonds is 7. The third-order valence-electron chi connectivity index (χ3n) is 6.34. The largest absolute Gasteiger partial charge is 0.444 e. The average molecular weight is 545 g/mol. The number of oxazole rings is 1. The van der Waals surface area contributed by atoms with E-state index in [0.717, 1.165) is 82.0 Å². The molecular formula is C23H41IN6O. The van der Waals surface area contributed by atoms with Gasteiger partial charge in [0.05, 0.1) is 12.2 Å². The Morgan fingerprint density at radius 1 is 1.13 bits per heavy atom. The van der Waals surface area contributed by atoms with Crippen LogP contribution in [-0.4, -0.2) is 73.1 Å². The van der Waals surface area contributed by atoms with Crippen LogP contribution < -0.4 is 10.6 Å². The first-order valence-electron chi connectivity index (χ1n) is 11.4. The summed E-state index contributed by atoms with van der Waals surface area (Å²) in [6, 6.07) is 0.507. The molecule has 0 amide bonds. The topological polar surface area (TPSA) is 68.9 Å². The molecule has 0 atom stereocenters. The number of aliphatic imine (C=N–C) groups is 1. The molecule has 3 rings (SSSR count). The van der Waals surface area contributed by atoms with Gasteiger partial charge in [-0.15, -0.1) is 24.0 Å². The van der Waals surface area contributed by atoms with Gasteiger partial charge in [0.15, 0.2) is 5.96 Å². The molecule has 2 aliphatic rings. The van der Waals surface area contributed by atoms with Crippen LogP contribution in [0.5, 0.6) is 0 Å². The van der Waals surface area contributed by atoms with Crippen LogP contribution in [-0.2, 0) is 6.54 Å². The van der Waals surface area contributed by atoms with Gasteiger partial charge in [-0.2, -0.15) is 0 Å². The number of nitrogens with one attached hydrogen (secondary N) is 2. The summed E-state index contributed by atoms with van der Waals surface area (Å²) in [6.45, 7) is 17.4. The summed E-state index contributed by atoms with van der Waals surface area (Å²) in [6.07, 6.45) is 4.71. The third kappa shape index (κ3) is 8.38. The van der Waals surface area contributed by atoms with Gasteiger partial charge in [0.25, 0.3) is 0 Å². The number of nitrogens with zero attached hydrogens (tertiary/aromatic N) is 4. The van der Waals surface area contributed by atoms with E-state index in [1.165, 1.54) is 18.4 Å². The van der Waals surface area contributed by atoms with Crippen molar-refractivity contribution < 1.29 is 4.42 Å². The van der Waals surface area contributed by atoms with Crippen molar-refractivity contribution in [3.05, 3.63) is 29.5 Å². The second-order valence-corrected chi connectivity index (χ2v) is 9.07. The quantitative estimate of drug-likeness (QED) is 0.238. The molecule has 0 aromatic carbocycles. The zero-order valence-corrected chi connectivity index (χ0v) is 22.1. The monoisotopic (exact) mass is 544 g/mol. The second kappa shape index (κ2) is 12.8. The molecule has 31 heavy (non-hydrogen) atoms. The fraction of sp³-hybridized carbons (Fsp3) is 0.739. The minimum absolute atomic E-state index is 0. The lowest BCUT2D eigenvalue weighted by molar-refractivity contribution is 0.164. The van der Waals surface area contributed by atoms with E-state index in [4.69, 9.17) is 4.42 Å². The van der Waals surface area contributed by atoms with Crippen molar-refractivity contribution in [3.8, 4) is 0 Å². The SMILES string of the molecule is C=C(C)CN1CCC(NC(=NC)NCC2CCN(Cc3nc(C)c(C)o3)CC2)CC1.I. The van der Waals surface area contributed by atoms with Crippen molar-refractivity contribution in [3.63, 3.8) is 0 Å². The normalized spacial score (nSPS) is 19.8. The molecule has 0 unspecified atom stereocenters. The molecule has 2 fully saturated rings. The summed E-state index contributed by atoms with van der Waals surface area (Å²) < 4.78 is 5.74. The number of aromatic nitrogens is 1. The van der Waals surface area contributed by atoms with Crippen molar-refractivity contribution in [2.45, 2.75) is 59.0 Å². The molecule has 7 nitrogen and oxygen atoms in total. The lowest BCUT2D eigenvalue weighted by atomic mass is 9.97. The van der Waals surface area contributed by atoms with Crippen LogP contribution in [0.4, 0.5) is 0 Å². The average Bonchev–Trinajstić information content (AvgIpc) is 3.04. The lowest BCUT2D eigenvalue weighted by Gasteiger charge is -2.34. The Morgan fingerprint density at radius 3 is 2.32 bits per heavy atom. The maximum absolute atomic E-state index is 5.74. The van der Waals surface area contributed by atoms with E-state index < -0.39 is 0 Å². The van der Waals surface area contributed by atoms with Crippen LogP contribution in [0.2, 0.25) is 0 Å². The third-order valence-corrected chi connectivity index (χ3v) is 6.34. The van der Waals surface area contributed by atoms with E-state index in [9.17, 15) is 0 Å². The van der Waals surface area contributed by atoms with E-state index in [2.05, 4.69) is 43.9 Å². The molecule has 0 aliphatic carbocycles. The molecule has 0 radical (unpaired) electrons. The number of hydrogen-bond acceptors (Lipinski definition) is 5. The van der Waals surface area contributed by atoms with Gasteiger partial charge in [-0.25, -0.2) is 4.98 Å². The second-order valence-electron chi connectivity index (χ2n) is 9.07. The van der Waals surface area contributed by atoms with E-state index in [0.29, 0.717) is 12.0 Å². The summed E-state index contributed by atoms with van der Waals surface area (Å²) in [4.78, 5) is 13.9. The van der Waals surface area contributed by atoms with Crippen molar-refractivity contribution in [1.82, 2.24) is 25.4 Å². The zero-order chi connectivity index (χ0) is 21.5. The van der Waals surface area contributed by atoms with Crippen molar-refractivity contribution in [2.24, 2.45) is 10.9 Å². The van der Waals surface area contributed by atoms with Crippen LogP contribution in [0.1, 0.15) is 50.0 Å². The highest BCUT2D eigenvalue weighted by Crippen LogP contribution is 2.19. The zero-order valence-electron chi connectivity index (χ0n) is 19.7. The predicted molar refractivity (Wildman–Crippen MR) is 138 cm³/mol. The molecule has 176 valence electrons. The molecule has 2 N–H and O–H groups in total. The fourth-order valence-electron chi connectivity index (χ4n) is 4.39. The smallest absolute Gasteiger partial charge is 0.208 e. The molecule has 1 aromatic heterocycles. The van der Waals surface area contributed by atoms with Gasteiger partial charge in [0, 0.05) is 39.3 Å². The Bertz CT molecular complexity index is 698. The molecule has 0 bridgehead atoms. The number of piperidine rings is 2. The Morgan fingerprint density at radius 2 is 1.77 bits per heavy atom. The molecule has 3 heterocycles. The Balaban J connectivity index is 0.00000341. The molecule has 1 aromatic rings. The number of hydrogen-bond donors (Lipinski definition) is 2. The van der Waals surface area contributed by atoms with Crippen molar-refractivity contribution in [1.29, 1.82) is 0 Å². The van der Waals surface area contributed by atoms with Crippen LogP contribution in [0.3, 0.4) is 0 Å². The van der Waals surface area contributed by atoms with E-state index in [1.807, 2.05) is 20.9 Å². The van der Waals surface area contributed by atoms with Gasteiger partial charge in [-0.3, -0.25) is 14.8 Å². The molecular weight excluding hydrogens is 503 g/mol. The highest BCUT2D eigenvalue weighted by Gasteiger charge is 2.23. The van der Waals surface area contributed by atoms with Gasteiger partial charge in [0.2, 0.25) is 5.89 Å².